The zero-order valence-corrected chi connectivity index (χ0v) is 11.3. The minimum absolute atomic E-state index is 0.0947. The van der Waals surface area contributed by atoms with Crippen molar-refractivity contribution in [2.45, 2.75) is 13.3 Å². The van der Waals surface area contributed by atoms with Crippen LogP contribution in [0, 0.1) is 0 Å². The van der Waals surface area contributed by atoms with Crippen molar-refractivity contribution in [2.75, 3.05) is 19.0 Å². The predicted molar refractivity (Wildman–Crippen MR) is 71.4 cm³/mol. The van der Waals surface area contributed by atoms with Crippen molar-refractivity contribution in [2.24, 2.45) is 0 Å². The molecule has 0 saturated heterocycles. The van der Waals surface area contributed by atoms with Gasteiger partial charge in [-0.1, -0.05) is 6.07 Å². The number of amides is 2. The third-order valence-corrected chi connectivity index (χ3v) is 2.20. The summed E-state index contributed by atoms with van der Waals surface area (Å²) in [4.78, 5) is 33.2. The second-order valence-electron chi connectivity index (χ2n) is 3.83. The number of rotatable bonds is 5. The molecule has 0 fully saturated rings. The van der Waals surface area contributed by atoms with Gasteiger partial charge in [0.25, 0.3) is 0 Å². The van der Waals surface area contributed by atoms with Gasteiger partial charge >= 0.3 is 18.0 Å². The van der Waals surface area contributed by atoms with Crippen molar-refractivity contribution in [1.29, 1.82) is 0 Å². The van der Waals surface area contributed by atoms with E-state index >= 15 is 0 Å². The van der Waals surface area contributed by atoms with Crippen LogP contribution >= 0.6 is 0 Å². The molecule has 0 aliphatic heterocycles. The number of anilines is 1. The Morgan fingerprint density at radius 2 is 2.00 bits per heavy atom. The number of nitrogens with one attached hydrogen (secondary N) is 2. The minimum atomic E-state index is -0.464. The lowest BCUT2D eigenvalue weighted by molar-refractivity contribution is -0.140. The van der Waals surface area contributed by atoms with Gasteiger partial charge in [-0.25, -0.2) is 4.79 Å². The second-order valence-corrected chi connectivity index (χ2v) is 3.83. The Morgan fingerprint density at radius 1 is 1.25 bits per heavy atom. The largest absolute Gasteiger partial charge is 0.469 e. The van der Waals surface area contributed by atoms with E-state index in [4.69, 9.17) is 4.74 Å². The number of urea groups is 1. The summed E-state index contributed by atoms with van der Waals surface area (Å²) in [6.07, 6.45) is 0.0947. The van der Waals surface area contributed by atoms with Crippen molar-refractivity contribution >= 4 is 23.7 Å². The Balaban J connectivity index is 2.45. The first-order valence-corrected chi connectivity index (χ1v) is 5.91. The normalized spacial score (nSPS) is 9.50. The van der Waals surface area contributed by atoms with E-state index < -0.39 is 18.0 Å². The second kappa shape index (κ2) is 7.78. The summed E-state index contributed by atoms with van der Waals surface area (Å²) in [6, 6.07) is 5.94. The van der Waals surface area contributed by atoms with Gasteiger partial charge in [0.05, 0.1) is 13.5 Å². The van der Waals surface area contributed by atoms with Crippen LogP contribution in [0.2, 0.25) is 0 Å². The molecule has 0 aliphatic rings. The highest BCUT2D eigenvalue weighted by atomic mass is 16.5. The van der Waals surface area contributed by atoms with E-state index in [0.717, 1.165) is 0 Å². The first kappa shape index (κ1) is 15.5. The average Bonchev–Trinajstić information content (AvgIpc) is 2.38. The smallest absolute Gasteiger partial charge is 0.319 e. The van der Waals surface area contributed by atoms with E-state index in [9.17, 15) is 14.4 Å². The number of esters is 2. The molecule has 20 heavy (non-hydrogen) atoms. The van der Waals surface area contributed by atoms with E-state index in [0.29, 0.717) is 11.4 Å². The number of hydrogen-bond donors (Lipinski definition) is 2. The van der Waals surface area contributed by atoms with Crippen LogP contribution in [-0.2, 0) is 14.3 Å². The van der Waals surface area contributed by atoms with E-state index in [-0.39, 0.29) is 13.0 Å². The van der Waals surface area contributed by atoms with E-state index in [2.05, 4.69) is 15.4 Å². The molecular weight excluding hydrogens is 264 g/mol. The summed E-state index contributed by atoms with van der Waals surface area (Å²) in [7, 11) is 1.28. The Kier molecular flexibility index (Phi) is 6.02. The van der Waals surface area contributed by atoms with E-state index in [1.807, 2.05) is 0 Å². The molecule has 0 aromatic heterocycles. The Bertz CT molecular complexity index is 501. The highest BCUT2D eigenvalue weighted by Crippen LogP contribution is 2.17. The van der Waals surface area contributed by atoms with Crippen molar-refractivity contribution in [3.8, 4) is 5.75 Å². The first-order chi connectivity index (χ1) is 9.51. The Morgan fingerprint density at radius 3 is 2.65 bits per heavy atom. The minimum Gasteiger partial charge on any atom is -0.469 e. The highest BCUT2D eigenvalue weighted by Gasteiger charge is 2.05. The molecule has 7 heteroatoms. The molecule has 0 aliphatic carbocycles. The van der Waals surface area contributed by atoms with E-state index in [1.54, 1.807) is 18.2 Å². The maximum atomic E-state index is 11.5. The molecule has 2 amide bonds. The van der Waals surface area contributed by atoms with Crippen molar-refractivity contribution < 1.29 is 23.9 Å². The zero-order chi connectivity index (χ0) is 15.0. The molecule has 1 aromatic rings. The fourth-order valence-electron chi connectivity index (χ4n) is 1.36. The van der Waals surface area contributed by atoms with Gasteiger partial charge < -0.3 is 20.1 Å². The fourth-order valence-corrected chi connectivity index (χ4v) is 1.36. The lowest BCUT2D eigenvalue weighted by atomic mass is 10.3. The molecule has 0 heterocycles. The monoisotopic (exact) mass is 280 g/mol. The Hall–Kier alpha value is -2.57. The van der Waals surface area contributed by atoms with Crippen LogP contribution < -0.4 is 15.4 Å². The number of hydrogen-bond acceptors (Lipinski definition) is 5. The molecule has 1 rings (SSSR count). The topological polar surface area (TPSA) is 93.7 Å². The molecule has 0 unspecified atom stereocenters. The van der Waals surface area contributed by atoms with Gasteiger partial charge in [0, 0.05) is 25.2 Å². The number of carbonyl (C=O) groups is 3. The van der Waals surface area contributed by atoms with Crippen LogP contribution in [0.4, 0.5) is 10.5 Å². The molecule has 7 nitrogen and oxygen atoms in total. The third kappa shape index (κ3) is 5.85. The number of methoxy groups -OCH3 is 1. The SMILES string of the molecule is COC(=O)CCNC(=O)Nc1cccc(OC(C)=O)c1. The van der Waals surface area contributed by atoms with Crippen LogP contribution in [0.25, 0.3) is 0 Å². The fraction of sp³-hybridized carbons (Fsp3) is 0.308. The van der Waals surface area contributed by atoms with Crippen LogP contribution in [0.5, 0.6) is 5.75 Å². The van der Waals surface area contributed by atoms with E-state index in [1.165, 1.54) is 20.1 Å². The van der Waals surface area contributed by atoms with Crippen molar-refractivity contribution in [3.05, 3.63) is 24.3 Å². The summed E-state index contributed by atoms with van der Waals surface area (Å²) in [5.41, 5.74) is 0.472. The summed E-state index contributed by atoms with van der Waals surface area (Å²) < 4.78 is 9.34. The van der Waals surface area contributed by atoms with Gasteiger partial charge in [-0.15, -0.1) is 0 Å². The van der Waals surface area contributed by atoms with Crippen LogP contribution in [0.1, 0.15) is 13.3 Å². The lowest BCUT2D eigenvalue weighted by Crippen LogP contribution is -2.30. The van der Waals surface area contributed by atoms with Crippen molar-refractivity contribution in [3.63, 3.8) is 0 Å². The summed E-state index contributed by atoms with van der Waals surface area (Å²) in [5.74, 6) is -0.503. The Labute approximate surface area is 116 Å². The number of ether oxygens (including phenoxy) is 2. The molecular formula is C13H16N2O5. The quantitative estimate of drug-likeness (QED) is 0.626. The number of carbonyl (C=O) groups excluding carboxylic acids is 3. The molecule has 2 N–H and O–H groups in total. The van der Waals surface area contributed by atoms with Crippen molar-refractivity contribution in [1.82, 2.24) is 5.32 Å². The first-order valence-electron chi connectivity index (χ1n) is 5.91. The molecule has 0 bridgehead atoms. The van der Waals surface area contributed by atoms with Gasteiger partial charge in [0.2, 0.25) is 0 Å². The maximum Gasteiger partial charge on any atom is 0.319 e. The van der Waals surface area contributed by atoms with Gasteiger partial charge in [-0.05, 0) is 12.1 Å². The standard InChI is InChI=1S/C13H16N2O5/c1-9(16)20-11-5-3-4-10(8-11)15-13(18)14-7-6-12(17)19-2/h3-5,8H,6-7H2,1-2H3,(H2,14,15,18). The van der Waals surface area contributed by atoms with Crippen LogP contribution in [0.3, 0.4) is 0 Å². The maximum absolute atomic E-state index is 11.5. The highest BCUT2D eigenvalue weighted by molar-refractivity contribution is 5.89. The molecule has 1 aromatic carbocycles. The molecule has 108 valence electrons. The van der Waals surface area contributed by atoms with Gasteiger partial charge in [-0.2, -0.15) is 0 Å². The average molecular weight is 280 g/mol. The van der Waals surface area contributed by atoms with Gasteiger partial charge in [0.1, 0.15) is 5.75 Å². The number of benzene rings is 1. The van der Waals surface area contributed by atoms with Crippen LogP contribution in [0.15, 0.2) is 24.3 Å². The lowest BCUT2D eigenvalue weighted by Gasteiger charge is -2.08. The molecule has 0 saturated carbocycles. The zero-order valence-electron chi connectivity index (χ0n) is 11.3. The summed E-state index contributed by atoms with van der Waals surface area (Å²) in [5, 5.41) is 5.05. The summed E-state index contributed by atoms with van der Waals surface area (Å²) in [6.45, 7) is 1.46. The molecule has 0 spiro atoms. The molecule has 0 radical (unpaired) electrons. The van der Waals surface area contributed by atoms with Gasteiger partial charge in [-0.3, -0.25) is 9.59 Å². The van der Waals surface area contributed by atoms with Gasteiger partial charge in [0.15, 0.2) is 0 Å². The third-order valence-electron chi connectivity index (χ3n) is 2.20. The molecule has 0 atom stereocenters. The van der Waals surface area contributed by atoms with Crippen LogP contribution in [-0.4, -0.2) is 31.6 Å². The predicted octanol–water partition coefficient (Wildman–Crippen LogP) is 1.30. The summed E-state index contributed by atoms with van der Waals surface area (Å²) >= 11 is 0.